The second-order valence-corrected chi connectivity index (χ2v) is 24.7. The molecule has 0 aliphatic carbocycles. The van der Waals surface area contributed by atoms with Crippen LogP contribution in [0.2, 0.25) is 5.02 Å². The minimum absolute atomic E-state index is 0.000685. The lowest BCUT2D eigenvalue weighted by molar-refractivity contribution is -0.154. The van der Waals surface area contributed by atoms with E-state index in [-0.39, 0.29) is 51.2 Å². The van der Waals surface area contributed by atoms with E-state index in [1.165, 1.54) is 29.8 Å². The Balaban J connectivity index is 1.03. The summed E-state index contributed by atoms with van der Waals surface area (Å²) in [5.74, 6) is -0.105. The number of piperazine rings is 1. The molecule has 0 saturated carbocycles. The van der Waals surface area contributed by atoms with Gasteiger partial charge >= 0.3 is 24.1 Å². The van der Waals surface area contributed by atoms with Crippen LogP contribution in [0.4, 0.5) is 14.0 Å². The molecule has 5 aromatic carbocycles. The zero-order valence-electron chi connectivity index (χ0n) is 51.5. The number of thiophene rings is 1. The van der Waals surface area contributed by atoms with Crippen molar-refractivity contribution < 1.29 is 56.7 Å². The second-order valence-electron chi connectivity index (χ2n) is 23.3. The highest BCUT2D eigenvalue weighted by molar-refractivity contribution is 7.22. The van der Waals surface area contributed by atoms with Crippen molar-refractivity contribution in [1.82, 2.24) is 34.6 Å². The van der Waals surface area contributed by atoms with Crippen LogP contribution in [-0.2, 0) is 61.1 Å². The van der Waals surface area contributed by atoms with Crippen molar-refractivity contribution in [3.05, 3.63) is 172 Å². The molecule has 0 N–H and O–H groups in total. The Hall–Kier alpha value is -8.72. The van der Waals surface area contributed by atoms with Gasteiger partial charge in [0.15, 0.2) is 5.82 Å². The number of carbonyl (C=O) groups excluding carboxylic acids is 4. The number of hydrogen-bond acceptors (Lipinski definition) is 17. The maximum Gasteiger partial charge on any atom is 0.410 e. The van der Waals surface area contributed by atoms with Crippen LogP contribution in [0.1, 0.15) is 82.0 Å². The molecule has 89 heavy (non-hydrogen) atoms. The summed E-state index contributed by atoms with van der Waals surface area (Å²) in [5, 5.41) is 0.825. The van der Waals surface area contributed by atoms with Crippen LogP contribution in [0, 0.1) is 12.7 Å². The van der Waals surface area contributed by atoms with E-state index in [1.54, 1.807) is 87.2 Å². The molecule has 0 spiro atoms. The van der Waals surface area contributed by atoms with Crippen LogP contribution < -0.4 is 14.2 Å². The number of carbonyl (C=O) groups is 4. The molecule has 1 atom stereocenters. The van der Waals surface area contributed by atoms with Gasteiger partial charge in [-0.3, -0.25) is 9.69 Å². The largest absolute Gasteiger partial charge is 0.496 e. The van der Waals surface area contributed by atoms with Gasteiger partial charge in [-0.15, -0.1) is 11.3 Å². The summed E-state index contributed by atoms with van der Waals surface area (Å²) in [6, 6.07) is 33.8. The van der Waals surface area contributed by atoms with Crippen molar-refractivity contribution in [2.75, 3.05) is 53.0 Å². The number of nitrogens with zero attached hydrogens (tertiary/aromatic N) is 7. The van der Waals surface area contributed by atoms with Gasteiger partial charge in [-0.05, 0) is 131 Å². The van der Waals surface area contributed by atoms with Crippen LogP contribution in [0.5, 0.6) is 17.4 Å². The average molecular weight is 1250 g/mol. The van der Waals surface area contributed by atoms with Crippen molar-refractivity contribution in [2.45, 2.75) is 105 Å². The molecule has 466 valence electrons. The van der Waals surface area contributed by atoms with Gasteiger partial charge in [-0.2, -0.15) is 0 Å². The van der Waals surface area contributed by atoms with Crippen LogP contribution >= 0.6 is 22.9 Å². The van der Waals surface area contributed by atoms with Crippen molar-refractivity contribution in [2.24, 2.45) is 0 Å². The Kier molecular flexibility index (Phi) is 21.1. The van der Waals surface area contributed by atoms with Crippen molar-refractivity contribution in [1.29, 1.82) is 0 Å². The van der Waals surface area contributed by atoms with E-state index < -0.39 is 41.2 Å². The van der Waals surface area contributed by atoms with Gasteiger partial charge < -0.3 is 43.0 Å². The first kappa shape index (κ1) is 64.7. The molecule has 0 bridgehead atoms. The maximum atomic E-state index is 14.7. The third-order valence-corrected chi connectivity index (χ3v) is 16.0. The van der Waals surface area contributed by atoms with Gasteiger partial charge in [0.25, 0.3) is 0 Å². The molecule has 3 aromatic heterocycles. The lowest BCUT2D eigenvalue weighted by Crippen LogP contribution is -2.51. The normalized spacial score (nSPS) is 13.1. The fourth-order valence-corrected chi connectivity index (χ4v) is 11.5. The molecule has 2 amide bonds. The first-order valence-electron chi connectivity index (χ1n) is 29.4. The smallest absolute Gasteiger partial charge is 0.410 e. The van der Waals surface area contributed by atoms with E-state index in [0.29, 0.717) is 127 Å². The Morgan fingerprint density at radius 1 is 0.764 bits per heavy atom. The van der Waals surface area contributed by atoms with Gasteiger partial charge in [0.05, 0.1) is 43.3 Å². The number of esters is 2. The molecule has 1 saturated heterocycles. The number of hydrogen-bond donors (Lipinski definition) is 0. The van der Waals surface area contributed by atoms with E-state index in [2.05, 4.69) is 9.88 Å². The SMILES string of the molecule is CCOC(=O)[C@@H](Cc1cc(CC(=O)OC(C)(C)C)ccc1OCc1ccnc(-c2ccccc2OC)n1)Oc1ncnc2sc(-c3ccc(F)cc3)c(-c3ccc(CN(CCN4CCN(C(=O)OCc5ccccc5)CC4)C(=O)OC(C)(C)C)c(Cl)c3C)c12. The molecule has 1 fully saturated rings. The molecule has 4 heterocycles. The fourth-order valence-electron chi connectivity index (χ4n) is 10.1. The minimum Gasteiger partial charge on any atom is -0.496 e. The molecule has 8 aromatic rings. The summed E-state index contributed by atoms with van der Waals surface area (Å²) in [4.78, 5) is 80.1. The number of ether oxygens (including phenoxy) is 7. The first-order valence-corrected chi connectivity index (χ1v) is 30.6. The third kappa shape index (κ3) is 17.1. The number of amides is 2. The number of aromatic nitrogens is 4. The molecule has 1 aliphatic heterocycles. The van der Waals surface area contributed by atoms with E-state index in [0.717, 1.165) is 5.56 Å². The monoisotopic (exact) mass is 1250 g/mol. The van der Waals surface area contributed by atoms with Crippen molar-refractivity contribution in [3.63, 3.8) is 0 Å². The molecular formula is C68H73ClFN7O11S. The fraction of sp³-hybridized carbons (Fsp3) is 0.353. The lowest BCUT2D eigenvalue weighted by Gasteiger charge is -2.35. The number of rotatable bonds is 22. The zero-order chi connectivity index (χ0) is 63.4. The topological polar surface area (TPSA) is 194 Å². The Labute approximate surface area is 526 Å². The Morgan fingerprint density at radius 2 is 1.49 bits per heavy atom. The number of halogens is 2. The molecule has 0 radical (unpaired) electrons. The summed E-state index contributed by atoms with van der Waals surface area (Å²) in [6.07, 6.45) is 0.559. The summed E-state index contributed by atoms with van der Waals surface area (Å²) < 4.78 is 56.5. The van der Waals surface area contributed by atoms with E-state index in [1.807, 2.05) is 94.4 Å². The van der Waals surface area contributed by atoms with E-state index in [4.69, 9.17) is 59.7 Å². The quantitative estimate of drug-likeness (QED) is 0.0459. The van der Waals surface area contributed by atoms with Gasteiger partial charge in [0, 0.05) is 67.3 Å². The second kappa shape index (κ2) is 29.1. The minimum atomic E-state index is -1.35. The summed E-state index contributed by atoms with van der Waals surface area (Å²) >= 11 is 8.79. The van der Waals surface area contributed by atoms with Gasteiger partial charge in [-0.1, -0.05) is 90.5 Å². The average Bonchev–Trinajstić information content (AvgIpc) is 1.69. The molecule has 9 rings (SSSR count). The van der Waals surface area contributed by atoms with Crippen LogP contribution in [0.25, 0.3) is 43.2 Å². The van der Waals surface area contributed by atoms with Crippen LogP contribution in [0.3, 0.4) is 0 Å². The predicted molar refractivity (Wildman–Crippen MR) is 338 cm³/mol. The maximum absolute atomic E-state index is 14.7. The third-order valence-electron chi connectivity index (χ3n) is 14.4. The van der Waals surface area contributed by atoms with E-state index >= 15 is 0 Å². The van der Waals surface area contributed by atoms with Gasteiger partial charge in [-0.25, -0.2) is 38.7 Å². The number of benzene rings is 5. The van der Waals surface area contributed by atoms with Crippen LogP contribution in [0.15, 0.2) is 128 Å². The standard InChI is InChI=1S/C68H73ClFN7O11S/c1-10-83-64(79)55(38-48-36-45(37-56(78)87-67(3,4)5)20-27-53(48)84-41-50-28-29-71-61(74-50)52-18-14-15-19-54(52)82-9)86-62-58-57(60(89-63(58)73-42-72-62)46-21-24-49(70)25-22-46)51-26-23-47(59(69)43(51)2)39-77(66(81)88-68(6,7)8)35-32-75-30-33-76(34-31-75)65(80)85-40-44-16-12-11-13-17-44/h11-29,36,42,55H,10,30-35,37-41H2,1-9H3/t55-/m1/s1. The summed E-state index contributed by atoms with van der Waals surface area (Å²) in [7, 11) is 1.58. The molecule has 21 heteroatoms. The van der Waals surface area contributed by atoms with Gasteiger partial charge in [0.2, 0.25) is 12.0 Å². The highest BCUT2D eigenvalue weighted by Crippen LogP contribution is 2.49. The highest BCUT2D eigenvalue weighted by Gasteiger charge is 2.32. The lowest BCUT2D eigenvalue weighted by atomic mass is 9.94. The zero-order valence-corrected chi connectivity index (χ0v) is 53.0. The first-order chi connectivity index (χ1) is 42.6. The van der Waals surface area contributed by atoms with Crippen LogP contribution in [-0.4, -0.2) is 129 Å². The number of fused-ring (bicyclic) bond motifs is 1. The molecular weight excluding hydrogens is 1180 g/mol. The summed E-state index contributed by atoms with van der Waals surface area (Å²) in [6.45, 7) is 17.6. The Bertz CT molecular complexity index is 3790. The molecule has 0 unspecified atom stereocenters. The highest BCUT2D eigenvalue weighted by atomic mass is 35.5. The Morgan fingerprint density at radius 3 is 2.21 bits per heavy atom. The summed E-state index contributed by atoms with van der Waals surface area (Å²) in [5.41, 5.74) is 4.95. The number of methoxy groups -OCH3 is 1. The van der Waals surface area contributed by atoms with E-state index in [9.17, 15) is 23.6 Å². The molecule has 1 aliphatic rings. The number of para-hydroxylation sites is 1. The predicted octanol–water partition coefficient (Wildman–Crippen LogP) is 13.3. The van der Waals surface area contributed by atoms with Crippen molar-refractivity contribution in [3.8, 4) is 50.3 Å². The van der Waals surface area contributed by atoms with Crippen molar-refractivity contribution >= 4 is 57.3 Å². The molecule has 18 nitrogen and oxygen atoms in total. The van der Waals surface area contributed by atoms with Gasteiger partial charge in [0.1, 0.15) is 52.9 Å².